The van der Waals surface area contributed by atoms with Crippen molar-refractivity contribution in [3.63, 3.8) is 0 Å². The Hall–Kier alpha value is -0.840. The fourth-order valence-corrected chi connectivity index (χ4v) is 1.95. The van der Waals surface area contributed by atoms with E-state index >= 15 is 0 Å². The third-order valence-electron chi connectivity index (χ3n) is 2.89. The second kappa shape index (κ2) is 7.56. The van der Waals surface area contributed by atoms with Crippen LogP contribution in [-0.2, 0) is 6.54 Å². The number of pyridine rings is 1. The van der Waals surface area contributed by atoms with Crippen molar-refractivity contribution in [2.75, 3.05) is 6.61 Å². The Morgan fingerprint density at radius 2 is 1.94 bits per heavy atom. The number of rotatable bonds is 5. The molecule has 0 saturated carbocycles. The van der Waals surface area contributed by atoms with Gasteiger partial charge in [-0.05, 0) is 30.5 Å². The SMILES string of the molecule is CCCC[n+]1ccc2cc(OCC)ccc2c1.[I-]. The van der Waals surface area contributed by atoms with E-state index in [9.17, 15) is 0 Å². The molecule has 0 aliphatic heterocycles. The number of benzene rings is 1. The van der Waals surface area contributed by atoms with Gasteiger partial charge in [-0.2, -0.15) is 0 Å². The van der Waals surface area contributed by atoms with E-state index in [2.05, 4.69) is 42.1 Å². The summed E-state index contributed by atoms with van der Waals surface area (Å²) in [4.78, 5) is 0. The standard InChI is InChI=1S/C15H20NO.HI/c1-3-5-9-16-10-8-13-11-15(17-4-2)7-6-14(13)12-16;/h6-8,10-12H,3-5,9H2,1-2H3;1H/q+1;/p-1. The number of ether oxygens (including phenoxy) is 1. The maximum Gasteiger partial charge on any atom is 0.176 e. The molecule has 98 valence electrons. The minimum atomic E-state index is 0. The smallest absolute Gasteiger partial charge is 0.176 e. The third kappa shape index (κ3) is 3.83. The van der Waals surface area contributed by atoms with Gasteiger partial charge in [0.1, 0.15) is 12.3 Å². The Bertz CT molecular complexity index is 499. The minimum Gasteiger partial charge on any atom is -1.00 e. The lowest BCUT2D eigenvalue weighted by Gasteiger charge is -2.04. The van der Waals surface area contributed by atoms with Gasteiger partial charge in [0, 0.05) is 17.9 Å². The molecule has 2 aromatic rings. The summed E-state index contributed by atoms with van der Waals surface area (Å²) in [6.07, 6.45) is 6.82. The molecule has 0 aliphatic carbocycles. The second-order valence-electron chi connectivity index (χ2n) is 4.26. The molecule has 1 aromatic carbocycles. The van der Waals surface area contributed by atoms with Gasteiger partial charge in [-0.1, -0.05) is 13.3 Å². The number of aryl methyl sites for hydroxylation is 1. The van der Waals surface area contributed by atoms with E-state index < -0.39 is 0 Å². The molecule has 1 heterocycles. The lowest BCUT2D eigenvalue weighted by molar-refractivity contribution is -0.696. The topological polar surface area (TPSA) is 13.1 Å². The third-order valence-corrected chi connectivity index (χ3v) is 2.89. The summed E-state index contributed by atoms with van der Waals surface area (Å²) in [5.74, 6) is 0.950. The van der Waals surface area contributed by atoms with Crippen LogP contribution < -0.4 is 33.3 Å². The number of aromatic nitrogens is 1. The van der Waals surface area contributed by atoms with E-state index in [1.54, 1.807) is 0 Å². The molecule has 0 atom stereocenters. The highest BCUT2D eigenvalue weighted by Gasteiger charge is 2.03. The molecule has 0 unspecified atom stereocenters. The molecule has 0 fully saturated rings. The average molecular weight is 357 g/mol. The summed E-state index contributed by atoms with van der Waals surface area (Å²) in [6.45, 7) is 6.04. The van der Waals surface area contributed by atoms with Crippen molar-refractivity contribution >= 4 is 10.8 Å². The van der Waals surface area contributed by atoms with Crippen LogP contribution in [-0.4, -0.2) is 6.61 Å². The average Bonchev–Trinajstić information content (AvgIpc) is 2.36. The maximum atomic E-state index is 5.50. The highest BCUT2D eigenvalue weighted by atomic mass is 127. The Labute approximate surface area is 126 Å². The van der Waals surface area contributed by atoms with Crippen LogP contribution in [0, 0.1) is 0 Å². The molecule has 0 bridgehead atoms. The first kappa shape index (κ1) is 15.2. The molecular weight excluding hydrogens is 337 g/mol. The van der Waals surface area contributed by atoms with E-state index in [1.165, 1.54) is 23.6 Å². The van der Waals surface area contributed by atoms with Gasteiger partial charge in [0.05, 0.1) is 6.61 Å². The monoisotopic (exact) mass is 357 g/mol. The van der Waals surface area contributed by atoms with Crippen molar-refractivity contribution in [2.45, 2.75) is 33.2 Å². The molecule has 1 aromatic heterocycles. The lowest BCUT2D eigenvalue weighted by atomic mass is 10.1. The van der Waals surface area contributed by atoms with E-state index in [4.69, 9.17) is 4.74 Å². The first-order chi connectivity index (χ1) is 8.33. The molecule has 3 heteroatoms. The summed E-state index contributed by atoms with van der Waals surface area (Å²) in [5.41, 5.74) is 0. The van der Waals surface area contributed by atoms with Crippen LogP contribution >= 0.6 is 0 Å². The highest BCUT2D eigenvalue weighted by Crippen LogP contribution is 2.19. The number of halogens is 1. The van der Waals surface area contributed by atoms with E-state index in [-0.39, 0.29) is 24.0 Å². The molecule has 2 rings (SSSR count). The number of nitrogens with zero attached hydrogens (tertiary/aromatic N) is 1. The summed E-state index contributed by atoms with van der Waals surface area (Å²) in [6, 6.07) is 8.43. The fraction of sp³-hybridized carbons (Fsp3) is 0.400. The van der Waals surface area contributed by atoms with Gasteiger partial charge in [-0.3, -0.25) is 0 Å². The molecule has 0 amide bonds. The molecule has 0 saturated heterocycles. The van der Waals surface area contributed by atoms with Crippen molar-refractivity contribution in [3.05, 3.63) is 36.7 Å². The van der Waals surface area contributed by atoms with E-state index in [1.807, 2.05) is 13.0 Å². The predicted octanol–water partition coefficient (Wildman–Crippen LogP) is 0.330. The molecular formula is C15H20INO. The van der Waals surface area contributed by atoms with Crippen LogP contribution in [0.3, 0.4) is 0 Å². The molecule has 0 spiro atoms. The quantitative estimate of drug-likeness (QED) is 0.555. The fourth-order valence-electron chi connectivity index (χ4n) is 1.95. The number of hydrogen-bond acceptors (Lipinski definition) is 1. The number of unbranched alkanes of at least 4 members (excludes halogenated alkanes) is 1. The van der Waals surface area contributed by atoms with Gasteiger partial charge in [-0.25, -0.2) is 4.57 Å². The molecule has 2 nitrogen and oxygen atoms in total. The first-order valence-corrected chi connectivity index (χ1v) is 6.39. The van der Waals surface area contributed by atoms with Crippen LogP contribution in [0.15, 0.2) is 36.7 Å². The second-order valence-corrected chi connectivity index (χ2v) is 4.26. The van der Waals surface area contributed by atoms with Gasteiger partial charge in [0.15, 0.2) is 12.4 Å². The normalized spacial score (nSPS) is 10.1. The van der Waals surface area contributed by atoms with Gasteiger partial charge in [0.2, 0.25) is 0 Å². The Balaban J connectivity index is 0.00000162. The number of fused-ring (bicyclic) bond motifs is 1. The van der Waals surface area contributed by atoms with Gasteiger partial charge in [-0.15, -0.1) is 0 Å². The van der Waals surface area contributed by atoms with Gasteiger partial charge in [0.25, 0.3) is 0 Å². The zero-order chi connectivity index (χ0) is 12.1. The van der Waals surface area contributed by atoms with Crippen LogP contribution in [0.25, 0.3) is 10.8 Å². The largest absolute Gasteiger partial charge is 1.00 e. The van der Waals surface area contributed by atoms with Crippen molar-refractivity contribution in [1.82, 2.24) is 0 Å². The van der Waals surface area contributed by atoms with E-state index in [0.29, 0.717) is 0 Å². The predicted molar refractivity (Wildman–Crippen MR) is 70.2 cm³/mol. The summed E-state index contributed by atoms with van der Waals surface area (Å²) in [7, 11) is 0. The minimum absolute atomic E-state index is 0. The van der Waals surface area contributed by atoms with Crippen molar-refractivity contribution in [2.24, 2.45) is 0 Å². The molecule has 18 heavy (non-hydrogen) atoms. The molecule has 0 radical (unpaired) electrons. The maximum absolute atomic E-state index is 5.50. The summed E-state index contributed by atoms with van der Waals surface area (Å²) in [5, 5.41) is 2.51. The molecule has 0 aliphatic rings. The van der Waals surface area contributed by atoms with Gasteiger partial charge >= 0.3 is 0 Å². The Morgan fingerprint density at radius 1 is 1.11 bits per heavy atom. The van der Waals surface area contributed by atoms with Crippen molar-refractivity contribution in [1.29, 1.82) is 0 Å². The van der Waals surface area contributed by atoms with Crippen LogP contribution in [0.5, 0.6) is 5.75 Å². The van der Waals surface area contributed by atoms with E-state index in [0.717, 1.165) is 18.9 Å². The number of hydrogen-bond donors (Lipinski definition) is 0. The zero-order valence-electron chi connectivity index (χ0n) is 11.0. The van der Waals surface area contributed by atoms with Crippen LogP contribution in [0.2, 0.25) is 0 Å². The highest BCUT2D eigenvalue weighted by molar-refractivity contribution is 5.82. The lowest BCUT2D eigenvalue weighted by Crippen LogP contribution is -3.00. The molecule has 0 N–H and O–H groups in total. The Kier molecular flexibility index (Phi) is 6.39. The summed E-state index contributed by atoms with van der Waals surface area (Å²) < 4.78 is 7.76. The van der Waals surface area contributed by atoms with Crippen LogP contribution in [0.4, 0.5) is 0 Å². The first-order valence-electron chi connectivity index (χ1n) is 6.39. The van der Waals surface area contributed by atoms with Crippen LogP contribution in [0.1, 0.15) is 26.7 Å². The Morgan fingerprint density at radius 3 is 2.67 bits per heavy atom. The van der Waals surface area contributed by atoms with Crippen molar-refractivity contribution in [3.8, 4) is 5.75 Å². The van der Waals surface area contributed by atoms with Gasteiger partial charge < -0.3 is 28.7 Å². The van der Waals surface area contributed by atoms with Crippen molar-refractivity contribution < 1.29 is 33.3 Å². The zero-order valence-corrected chi connectivity index (χ0v) is 13.2. The summed E-state index contributed by atoms with van der Waals surface area (Å²) >= 11 is 0.